The van der Waals surface area contributed by atoms with Gasteiger partial charge in [0.05, 0.1) is 14.8 Å². The Morgan fingerprint density at radius 3 is 2.58 bits per heavy atom. The number of hydrogen-bond donors (Lipinski definition) is 1. The van der Waals surface area contributed by atoms with Crippen molar-refractivity contribution in [1.29, 1.82) is 5.26 Å². The Hall–Kier alpha value is -3.13. The largest absolute Gasteiger partial charge is 0.456 e. The quantitative estimate of drug-likeness (QED) is 0.487. The fourth-order valence-electron chi connectivity index (χ4n) is 2.51. The monoisotopic (exact) mass is 477 g/mol. The Morgan fingerprint density at radius 1 is 1.26 bits per heavy atom. The van der Waals surface area contributed by atoms with Crippen LogP contribution in [0.5, 0.6) is 17.4 Å². The Balaban J connectivity index is 1.79. The molecule has 0 aliphatic carbocycles. The van der Waals surface area contributed by atoms with Crippen molar-refractivity contribution in [2.45, 2.75) is 25.2 Å². The third kappa shape index (κ3) is 5.32. The molecule has 0 aliphatic rings. The SMILES string of the molecule is CCc1sc(NS(=O)(=O)c2ccc(Oc3cccc(Cl)c3C#N)cc2)nc1OC(C)=O. The Labute approximate surface area is 188 Å². The number of carbonyl (C=O) groups is 1. The lowest BCUT2D eigenvalue weighted by molar-refractivity contribution is -0.132. The summed E-state index contributed by atoms with van der Waals surface area (Å²) in [6, 6.07) is 12.4. The summed E-state index contributed by atoms with van der Waals surface area (Å²) in [4.78, 5) is 15.9. The minimum absolute atomic E-state index is 0.0197. The van der Waals surface area contributed by atoms with Crippen molar-refractivity contribution in [2.24, 2.45) is 0 Å². The molecular weight excluding hydrogens is 462 g/mol. The van der Waals surface area contributed by atoms with Gasteiger partial charge in [-0.15, -0.1) is 0 Å². The lowest BCUT2D eigenvalue weighted by atomic mass is 10.2. The average Bonchev–Trinajstić information content (AvgIpc) is 3.08. The molecule has 0 radical (unpaired) electrons. The molecule has 0 bridgehead atoms. The van der Waals surface area contributed by atoms with Gasteiger partial charge in [0.2, 0.25) is 5.88 Å². The molecule has 31 heavy (non-hydrogen) atoms. The summed E-state index contributed by atoms with van der Waals surface area (Å²) >= 11 is 7.07. The molecule has 0 fully saturated rings. The van der Waals surface area contributed by atoms with E-state index in [1.54, 1.807) is 18.2 Å². The van der Waals surface area contributed by atoms with E-state index in [0.717, 1.165) is 11.3 Å². The molecule has 0 saturated carbocycles. The molecular formula is C20H16ClN3O5S2. The van der Waals surface area contributed by atoms with Crippen LogP contribution in [0.2, 0.25) is 5.02 Å². The summed E-state index contributed by atoms with van der Waals surface area (Å²) in [7, 11) is -3.93. The zero-order valence-electron chi connectivity index (χ0n) is 16.4. The number of nitrogens with one attached hydrogen (secondary N) is 1. The van der Waals surface area contributed by atoms with Crippen molar-refractivity contribution >= 4 is 44.1 Å². The highest BCUT2D eigenvalue weighted by Gasteiger charge is 2.20. The Bertz CT molecular complexity index is 1260. The van der Waals surface area contributed by atoms with Crippen LogP contribution in [0.15, 0.2) is 47.4 Å². The molecule has 1 heterocycles. The van der Waals surface area contributed by atoms with Gasteiger partial charge in [0.25, 0.3) is 10.0 Å². The van der Waals surface area contributed by atoms with Crippen LogP contribution in [0.4, 0.5) is 5.13 Å². The average molecular weight is 478 g/mol. The van der Waals surface area contributed by atoms with E-state index < -0.39 is 16.0 Å². The number of aromatic nitrogens is 1. The van der Waals surface area contributed by atoms with Crippen LogP contribution in [0, 0.1) is 11.3 Å². The van der Waals surface area contributed by atoms with Crippen LogP contribution in [0.25, 0.3) is 0 Å². The van der Waals surface area contributed by atoms with Gasteiger partial charge in [-0.25, -0.2) is 8.42 Å². The first-order chi connectivity index (χ1) is 14.7. The first-order valence-corrected chi connectivity index (χ1v) is 11.6. The topological polar surface area (TPSA) is 118 Å². The predicted molar refractivity (Wildman–Crippen MR) is 116 cm³/mol. The lowest BCUT2D eigenvalue weighted by Crippen LogP contribution is -2.12. The number of thiazole rings is 1. The number of benzene rings is 2. The van der Waals surface area contributed by atoms with Gasteiger partial charge in [0.15, 0.2) is 5.13 Å². The molecule has 11 heteroatoms. The maximum Gasteiger partial charge on any atom is 0.309 e. The van der Waals surface area contributed by atoms with Crippen molar-refractivity contribution < 1.29 is 22.7 Å². The van der Waals surface area contributed by atoms with Gasteiger partial charge in [-0.05, 0) is 42.8 Å². The number of carbonyl (C=O) groups excluding carboxylic acids is 1. The van der Waals surface area contributed by atoms with Gasteiger partial charge < -0.3 is 9.47 Å². The second-order valence-corrected chi connectivity index (χ2v) is 9.27. The molecule has 1 aromatic heterocycles. The van der Waals surface area contributed by atoms with Gasteiger partial charge >= 0.3 is 5.97 Å². The third-order valence-corrected chi connectivity index (χ3v) is 6.79. The Kier molecular flexibility index (Phi) is 6.80. The van der Waals surface area contributed by atoms with Crippen LogP contribution in [0.3, 0.4) is 0 Å². The maximum atomic E-state index is 12.7. The second kappa shape index (κ2) is 9.34. The highest BCUT2D eigenvalue weighted by atomic mass is 35.5. The normalized spacial score (nSPS) is 10.9. The van der Waals surface area contributed by atoms with Crippen molar-refractivity contribution in [2.75, 3.05) is 4.72 Å². The standard InChI is InChI=1S/C20H16ClN3O5S2/c1-3-18-19(28-12(2)25)23-20(30-18)24-31(26,27)14-9-7-13(8-10-14)29-17-6-4-5-16(21)15(17)11-22/h4-10H,3H2,1-2H3,(H,23,24). The lowest BCUT2D eigenvalue weighted by Gasteiger charge is -2.09. The third-order valence-electron chi connectivity index (χ3n) is 3.89. The molecule has 0 unspecified atom stereocenters. The molecule has 0 spiro atoms. The summed E-state index contributed by atoms with van der Waals surface area (Å²) in [6.07, 6.45) is 0.530. The smallest absolute Gasteiger partial charge is 0.309 e. The summed E-state index contributed by atoms with van der Waals surface area (Å²) in [6.45, 7) is 3.09. The van der Waals surface area contributed by atoms with Gasteiger partial charge in [0, 0.05) is 6.92 Å². The molecule has 160 valence electrons. The Morgan fingerprint density at radius 2 is 1.97 bits per heavy atom. The number of anilines is 1. The van der Waals surface area contributed by atoms with E-state index in [2.05, 4.69) is 9.71 Å². The van der Waals surface area contributed by atoms with Crippen LogP contribution in [-0.2, 0) is 21.2 Å². The van der Waals surface area contributed by atoms with E-state index in [1.165, 1.54) is 31.2 Å². The number of ether oxygens (including phenoxy) is 2. The fraction of sp³-hybridized carbons (Fsp3) is 0.150. The second-order valence-electron chi connectivity index (χ2n) is 6.10. The zero-order chi connectivity index (χ0) is 22.6. The number of aryl methyl sites for hydroxylation is 1. The van der Waals surface area contributed by atoms with E-state index in [9.17, 15) is 18.5 Å². The van der Waals surface area contributed by atoms with E-state index in [1.807, 2.05) is 13.0 Å². The molecule has 3 aromatic rings. The number of nitriles is 1. The molecule has 2 aromatic carbocycles. The summed E-state index contributed by atoms with van der Waals surface area (Å²) in [5.74, 6) is 0.148. The van der Waals surface area contributed by atoms with E-state index in [4.69, 9.17) is 21.1 Å². The number of sulfonamides is 1. The predicted octanol–water partition coefficient (Wildman–Crippen LogP) is 4.75. The maximum absolute atomic E-state index is 12.7. The molecule has 1 N–H and O–H groups in total. The molecule has 3 rings (SSSR count). The number of halogens is 1. The van der Waals surface area contributed by atoms with Gasteiger partial charge in [-0.1, -0.05) is 35.9 Å². The summed E-state index contributed by atoms with van der Waals surface area (Å²) < 4.78 is 38.4. The van der Waals surface area contributed by atoms with E-state index in [-0.39, 0.29) is 32.2 Å². The number of rotatable bonds is 7. The number of esters is 1. The number of hydrogen-bond acceptors (Lipinski definition) is 8. The van der Waals surface area contributed by atoms with Crippen molar-refractivity contribution in [3.05, 3.63) is 57.9 Å². The van der Waals surface area contributed by atoms with Crippen molar-refractivity contribution in [3.8, 4) is 23.4 Å². The van der Waals surface area contributed by atoms with Crippen LogP contribution in [-0.4, -0.2) is 19.4 Å². The summed E-state index contributed by atoms with van der Waals surface area (Å²) in [5, 5.41) is 9.57. The minimum Gasteiger partial charge on any atom is -0.456 e. The van der Waals surface area contributed by atoms with Gasteiger partial charge in [-0.3, -0.25) is 9.52 Å². The first kappa shape index (κ1) is 22.6. The number of nitrogens with zero attached hydrogens (tertiary/aromatic N) is 2. The highest BCUT2D eigenvalue weighted by Crippen LogP contribution is 2.32. The fourth-order valence-corrected chi connectivity index (χ4v) is 4.78. The van der Waals surface area contributed by atoms with Crippen molar-refractivity contribution in [3.63, 3.8) is 0 Å². The van der Waals surface area contributed by atoms with Crippen LogP contribution >= 0.6 is 22.9 Å². The van der Waals surface area contributed by atoms with Crippen molar-refractivity contribution in [1.82, 2.24) is 4.98 Å². The molecule has 0 amide bonds. The van der Waals surface area contributed by atoms with Gasteiger partial charge in [-0.2, -0.15) is 10.2 Å². The van der Waals surface area contributed by atoms with Crippen LogP contribution < -0.4 is 14.2 Å². The molecule has 0 atom stereocenters. The first-order valence-electron chi connectivity index (χ1n) is 8.91. The highest BCUT2D eigenvalue weighted by molar-refractivity contribution is 7.93. The van der Waals surface area contributed by atoms with Crippen LogP contribution in [0.1, 0.15) is 24.3 Å². The zero-order valence-corrected chi connectivity index (χ0v) is 18.8. The van der Waals surface area contributed by atoms with Gasteiger partial charge in [0.1, 0.15) is 23.1 Å². The summed E-state index contributed by atoms with van der Waals surface area (Å²) in [5.41, 5.74) is 0.182. The molecule has 0 aliphatic heterocycles. The van der Waals surface area contributed by atoms with E-state index in [0.29, 0.717) is 17.0 Å². The van der Waals surface area contributed by atoms with E-state index >= 15 is 0 Å². The molecule has 0 saturated heterocycles. The molecule has 8 nitrogen and oxygen atoms in total. The minimum atomic E-state index is -3.93.